The van der Waals surface area contributed by atoms with Crippen molar-refractivity contribution in [1.82, 2.24) is 4.90 Å². The van der Waals surface area contributed by atoms with Gasteiger partial charge in [-0.05, 0) is 42.4 Å². The number of benzene rings is 1. The third-order valence-corrected chi connectivity index (χ3v) is 5.90. The third kappa shape index (κ3) is 4.39. The molecule has 1 aliphatic heterocycles. The van der Waals surface area contributed by atoms with E-state index in [0.717, 1.165) is 0 Å². The molecule has 4 nitrogen and oxygen atoms in total. The first-order valence-electron chi connectivity index (χ1n) is 6.41. The molecule has 1 aromatic carbocycles. The summed E-state index contributed by atoms with van der Waals surface area (Å²) in [5.41, 5.74) is -4.14. The van der Waals surface area contributed by atoms with Gasteiger partial charge in [0.25, 0.3) is 5.91 Å². The summed E-state index contributed by atoms with van der Waals surface area (Å²) in [6.45, 7) is 0. The summed E-state index contributed by atoms with van der Waals surface area (Å²) in [4.78, 5) is 13.6. The van der Waals surface area contributed by atoms with E-state index < -0.39 is 21.3 Å². The van der Waals surface area contributed by atoms with E-state index in [4.69, 9.17) is 0 Å². The van der Waals surface area contributed by atoms with Crippen LogP contribution in [0.3, 0.4) is 0 Å². The van der Waals surface area contributed by atoms with Crippen molar-refractivity contribution in [2.45, 2.75) is 22.9 Å². The molecule has 0 bridgehead atoms. The zero-order valence-corrected chi connectivity index (χ0v) is 13.3. The lowest BCUT2D eigenvalue weighted by molar-refractivity contribution is -0.0328. The second-order valence-electron chi connectivity index (χ2n) is 5.05. The van der Waals surface area contributed by atoms with Crippen LogP contribution in [0, 0.1) is 0 Å². The van der Waals surface area contributed by atoms with Gasteiger partial charge >= 0.3 is 5.51 Å². The summed E-state index contributed by atoms with van der Waals surface area (Å²) in [6.07, 6.45) is 0.382. The fourth-order valence-corrected chi connectivity index (χ4v) is 4.56. The Morgan fingerprint density at radius 2 is 1.86 bits per heavy atom. The van der Waals surface area contributed by atoms with E-state index >= 15 is 0 Å². The molecule has 1 aromatic rings. The summed E-state index contributed by atoms with van der Waals surface area (Å²) in [5.74, 6) is -0.418. The minimum Gasteiger partial charge on any atom is -0.338 e. The highest BCUT2D eigenvalue weighted by Gasteiger charge is 2.33. The van der Waals surface area contributed by atoms with Gasteiger partial charge in [0.1, 0.15) is 0 Å². The Kier molecular flexibility index (Phi) is 4.76. The van der Waals surface area contributed by atoms with Crippen molar-refractivity contribution in [3.8, 4) is 0 Å². The van der Waals surface area contributed by atoms with Gasteiger partial charge in [-0.3, -0.25) is 4.79 Å². The number of amides is 1. The van der Waals surface area contributed by atoms with Crippen molar-refractivity contribution in [1.29, 1.82) is 0 Å². The van der Waals surface area contributed by atoms with Crippen LogP contribution in [0.4, 0.5) is 13.2 Å². The van der Waals surface area contributed by atoms with E-state index in [-0.39, 0.29) is 39.8 Å². The SMILES string of the molecule is CN(C(=O)c1ccc(SC(F)(F)F)cc1)C1CCS(=O)(=O)C1. The minimum absolute atomic E-state index is 0.00449. The summed E-state index contributed by atoms with van der Waals surface area (Å²) in [5, 5.41) is 0. The van der Waals surface area contributed by atoms with E-state index in [0.29, 0.717) is 6.42 Å². The number of hydrogen-bond acceptors (Lipinski definition) is 4. The van der Waals surface area contributed by atoms with Crippen molar-refractivity contribution in [2.75, 3.05) is 18.6 Å². The van der Waals surface area contributed by atoms with Gasteiger partial charge in [-0.15, -0.1) is 0 Å². The highest BCUT2D eigenvalue weighted by molar-refractivity contribution is 8.00. The molecule has 0 saturated carbocycles. The Hall–Kier alpha value is -1.22. The number of alkyl halides is 3. The van der Waals surface area contributed by atoms with Crippen LogP contribution < -0.4 is 0 Å². The van der Waals surface area contributed by atoms with Gasteiger partial charge in [-0.25, -0.2) is 8.42 Å². The Bertz CT molecular complexity index is 656. The lowest BCUT2D eigenvalue weighted by Crippen LogP contribution is -2.37. The fraction of sp³-hybridized carbons (Fsp3) is 0.462. The average Bonchev–Trinajstić information content (AvgIpc) is 2.76. The Balaban J connectivity index is 2.06. The van der Waals surface area contributed by atoms with Crippen LogP contribution in [0.25, 0.3) is 0 Å². The molecule has 22 heavy (non-hydrogen) atoms. The van der Waals surface area contributed by atoms with E-state index in [2.05, 4.69) is 0 Å². The normalized spacial score (nSPS) is 20.8. The monoisotopic (exact) mass is 353 g/mol. The van der Waals surface area contributed by atoms with E-state index in [9.17, 15) is 26.4 Å². The number of carbonyl (C=O) groups excluding carboxylic acids is 1. The fourth-order valence-electron chi connectivity index (χ4n) is 2.25. The predicted octanol–water partition coefficient (Wildman–Crippen LogP) is 2.56. The second kappa shape index (κ2) is 6.11. The molecule has 1 aliphatic rings. The van der Waals surface area contributed by atoms with Crippen molar-refractivity contribution in [2.24, 2.45) is 0 Å². The second-order valence-corrected chi connectivity index (χ2v) is 8.41. The topological polar surface area (TPSA) is 54.5 Å². The maximum absolute atomic E-state index is 12.2. The molecule has 2 rings (SSSR count). The summed E-state index contributed by atoms with van der Waals surface area (Å²) >= 11 is -0.250. The highest BCUT2D eigenvalue weighted by atomic mass is 32.2. The van der Waals surface area contributed by atoms with Crippen molar-refractivity contribution in [3.05, 3.63) is 29.8 Å². The van der Waals surface area contributed by atoms with Crippen LogP contribution in [-0.2, 0) is 9.84 Å². The van der Waals surface area contributed by atoms with Gasteiger partial charge in [0.05, 0.1) is 11.5 Å². The van der Waals surface area contributed by atoms with Gasteiger partial charge < -0.3 is 4.90 Å². The smallest absolute Gasteiger partial charge is 0.338 e. The van der Waals surface area contributed by atoms with E-state index in [1.807, 2.05) is 0 Å². The van der Waals surface area contributed by atoms with Gasteiger partial charge in [-0.2, -0.15) is 13.2 Å². The molecule has 0 aromatic heterocycles. The first-order valence-corrected chi connectivity index (χ1v) is 9.04. The van der Waals surface area contributed by atoms with E-state index in [1.54, 1.807) is 0 Å². The molecule has 9 heteroatoms. The molecule has 1 fully saturated rings. The van der Waals surface area contributed by atoms with Gasteiger partial charge in [0, 0.05) is 23.5 Å². The van der Waals surface area contributed by atoms with Crippen LogP contribution in [0.5, 0.6) is 0 Å². The van der Waals surface area contributed by atoms with Crippen LogP contribution >= 0.6 is 11.8 Å². The lowest BCUT2D eigenvalue weighted by atomic mass is 10.1. The molecule has 1 saturated heterocycles. The molecule has 1 unspecified atom stereocenters. The molecule has 0 spiro atoms. The maximum Gasteiger partial charge on any atom is 0.446 e. The number of carbonyl (C=O) groups is 1. The number of rotatable bonds is 3. The quantitative estimate of drug-likeness (QED) is 0.784. The third-order valence-electron chi connectivity index (χ3n) is 3.41. The molecule has 0 aliphatic carbocycles. The molecular formula is C13H14F3NO3S2. The summed E-state index contributed by atoms with van der Waals surface area (Å²) < 4.78 is 59.6. The molecule has 122 valence electrons. The lowest BCUT2D eigenvalue weighted by Gasteiger charge is -2.23. The van der Waals surface area contributed by atoms with Crippen molar-refractivity contribution >= 4 is 27.5 Å². The maximum atomic E-state index is 12.2. The number of hydrogen-bond donors (Lipinski definition) is 0. The zero-order chi connectivity index (χ0) is 16.5. The Morgan fingerprint density at radius 3 is 2.32 bits per heavy atom. The first-order chi connectivity index (χ1) is 10.1. The predicted molar refractivity (Wildman–Crippen MR) is 77.5 cm³/mol. The number of thioether (sulfide) groups is 1. The first kappa shape index (κ1) is 17.1. The number of sulfone groups is 1. The number of nitrogens with zero attached hydrogens (tertiary/aromatic N) is 1. The highest BCUT2D eigenvalue weighted by Crippen LogP contribution is 2.36. The Morgan fingerprint density at radius 1 is 1.27 bits per heavy atom. The number of halogens is 3. The van der Waals surface area contributed by atoms with Gasteiger partial charge in [-0.1, -0.05) is 0 Å². The molecule has 0 N–H and O–H groups in total. The zero-order valence-electron chi connectivity index (χ0n) is 11.6. The molecule has 0 radical (unpaired) electrons. The van der Waals surface area contributed by atoms with Crippen molar-refractivity contribution < 1.29 is 26.4 Å². The van der Waals surface area contributed by atoms with Crippen molar-refractivity contribution in [3.63, 3.8) is 0 Å². The molecule has 1 atom stereocenters. The Labute approximate surface area is 130 Å². The standard InChI is InChI=1S/C13H14F3NO3S2/c1-17(10-6-7-22(19,20)8-10)12(18)9-2-4-11(5-3-9)21-13(14,15)16/h2-5,10H,6-8H2,1H3. The average molecular weight is 353 g/mol. The van der Waals surface area contributed by atoms with Crippen LogP contribution in [0.1, 0.15) is 16.8 Å². The van der Waals surface area contributed by atoms with Crippen LogP contribution in [0.15, 0.2) is 29.2 Å². The van der Waals surface area contributed by atoms with Crippen LogP contribution in [0.2, 0.25) is 0 Å². The van der Waals surface area contributed by atoms with Gasteiger partial charge in [0.2, 0.25) is 0 Å². The summed E-state index contributed by atoms with van der Waals surface area (Å²) in [7, 11) is -1.60. The van der Waals surface area contributed by atoms with Crippen LogP contribution in [-0.4, -0.2) is 49.3 Å². The molecule has 1 amide bonds. The minimum atomic E-state index is -4.37. The molecule has 1 heterocycles. The van der Waals surface area contributed by atoms with E-state index in [1.165, 1.54) is 36.2 Å². The molecular weight excluding hydrogens is 339 g/mol. The van der Waals surface area contributed by atoms with Gasteiger partial charge in [0.15, 0.2) is 9.84 Å². The largest absolute Gasteiger partial charge is 0.446 e. The summed E-state index contributed by atoms with van der Waals surface area (Å²) in [6, 6.07) is 4.70.